The van der Waals surface area contributed by atoms with Crippen LogP contribution in [0.25, 0.3) is 11.1 Å². The SMILES string of the molecule is Cc1ccc(-c2c(N)sc3c2CCC3)cc1C. The summed E-state index contributed by atoms with van der Waals surface area (Å²) >= 11 is 1.79. The number of aryl methyl sites for hydroxylation is 3. The molecule has 0 amide bonds. The summed E-state index contributed by atoms with van der Waals surface area (Å²) in [6.45, 7) is 4.32. The molecule has 0 unspecified atom stereocenters. The molecule has 0 saturated carbocycles. The number of thiophene rings is 1. The molecule has 88 valence electrons. The summed E-state index contributed by atoms with van der Waals surface area (Å²) in [6.07, 6.45) is 3.71. The molecule has 2 aromatic rings. The van der Waals surface area contributed by atoms with Gasteiger partial charge in [0.1, 0.15) is 0 Å². The largest absolute Gasteiger partial charge is 0.390 e. The first-order valence-electron chi connectivity index (χ1n) is 6.14. The molecule has 2 heteroatoms. The molecule has 3 rings (SSSR count). The molecule has 0 spiro atoms. The fraction of sp³-hybridized carbons (Fsp3) is 0.333. The van der Waals surface area contributed by atoms with Crippen LogP contribution in [0.5, 0.6) is 0 Å². The first-order valence-corrected chi connectivity index (χ1v) is 6.96. The molecule has 0 bridgehead atoms. The van der Waals surface area contributed by atoms with Gasteiger partial charge in [-0.15, -0.1) is 11.3 Å². The van der Waals surface area contributed by atoms with E-state index in [1.807, 2.05) is 0 Å². The summed E-state index contributed by atoms with van der Waals surface area (Å²) in [7, 11) is 0. The van der Waals surface area contributed by atoms with E-state index in [-0.39, 0.29) is 0 Å². The lowest BCUT2D eigenvalue weighted by molar-refractivity contribution is 0.915. The fourth-order valence-corrected chi connectivity index (χ4v) is 3.82. The molecule has 2 N–H and O–H groups in total. The molecule has 1 nitrogen and oxygen atoms in total. The zero-order valence-corrected chi connectivity index (χ0v) is 11.2. The van der Waals surface area contributed by atoms with E-state index in [2.05, 4.69) is 32.0 Å². The zero-order chi connectivity index (χ0) is 12.0. The number of hydrogen-bond donors (Lipinski definition) is 1. The van der Waals surface area contributed by atoms with E-state index in [9.17, 15) is 0 Å². The maximum absolute atomic E-state index is 6.19. The Labute approximate surface area is 106 Å². The number of hydrogen-bond acceptors (Lipinski definition) is 2. The second-order valence-corrected chi connectivity index (χ2v) is 6.03. The zero-order valence-electron chi connectivity index (χ0n) is 10.3. The van der Waals surface area contributed by atoms with Crippen molar-refractivity contribution in [1.29, 1.82) is 0 Å². The number of anilines is 1. The Morgan fingerprint density at radius 3 is 2.71 bits per heavy atom. The van der Waals surface area contributed by atoms with Gasteiger partial charge in [0.05, 0.1) is 5.00 Å². The second kappa shape index (κ2) is 3.88. The molecule has 1 aromatic heterocycles. The minimum absolute atomic E-state index is 0.998. The highest BCUT2D eigenvalue weighted by Crippen LogP contribution is 2.43. The lowest BCUT2D eigenvalue weighted by Crippen LogP contribution is -1.90. The van der Waals surface area contributed by atoms with E-state index < -0.39 is 0 Å². The Morgan fingerprint density at radius 1 is 1.12 bits per heavy atom. The Kier molecular flexibility index (Phi) is 2.48. The third kappa shape index (κ3) is 1.67. The topological polar surface area (TPSA) is 26.0 Å². The van der Waals surface area contributed by atoms with E-state index in [0.717, 1.165) is 5.00 Å². The van der Waals surface area contributed by atoms with Crippen LogP contribution in [0, 0.1) is 13.8 Å². The van der Waals surface area contributed by atoms with Gasteiger partial charge in [-0.1, -0.05) is 18.2 Å². The van der Waals surface area contributed by atoms with Crippen molar-refractivity contribution in [1.82, 2.24) is 0 Å². The maximum Gasteiger partial charge on any atom is 0.0941 e. The molecule has 0 fully saturated rings. The highest BCUT2D eigenvalue weighted by atomic mass is 32.1. The van der Waals surface area contributed by atoms with Crippen molar-refractivity contribution in [2.45, 2.75) is 33.1 Å². The van der Waals surface area contributed by atoms with Crippen molar-refractivity contribution in [3.05, 3.63) is 39.8 Å². The summed E-state index contributed by atoms with van der Waals surface area (Å²) in [6, 6.07) is 6.68. The number of nitrogens with two attached hydrogens (primary N) is 1. The lowest BCUT2D eigenvalue weighted by Gasteiger charge is -2.07. The van der Waals surface area contributed by atoms with Crippen LogP contribution in [0.1, 0.15) is 28.0 Å². The Hall–Kier alpha value is -1.28. The molecule has 17 heavy (non-hydrogen) atoms. The fourth-order valence-electron chi connectivity index (χ4n) is 2.64. The van der Waals surface area contributed by atoms with E-state index in [1.165, 1.54) is 52.0 Å². The Bertz CT molecular complexity index is 581. The average molecular weight is 243 g/mol. The minimum Gasteiger partial charge on any atom is -0.390 e. The van der Waals surface area contributed by atoms with Crippen LogP contribution in [0.2, 0.25) is 0 Å². The summed E-state index contributed by atoms with van der Waals surface area (Å²) in [5, 5.41) is 0.998. The maximum atomic E-state index is 6.19. The third-order valence-corrected chi connectivity index (χ3v) is 4.87. The Balaban J connectivity index is 2.18. The quantitative estimate of drug-likeness (QED) is 0.801. The van der Waals surface area contributed by atoms with Crippen LogP contribution in [0.15, 0.2) is 18.2 Å². The molecular weight excluding hydrogens is 226 g/mol. The van der Waals surface area contributed by atoms with Crippen molar-refractivity contribution in [3.63, 3.8) is 0 Å². The number of benzene rings is 1. The Morgan fingerprint density at radius 2 is 1.94 bits per heavy atom. The van der Waals surface area contributed by atoms with Gasteiger partial charge >= 0.3 is 0 Å². The van der Waals surface area contributed by atoms with Crippen LogP contribution < -0.4 is 5.73 Å². The van der Waals surface area contributed by atoms with Gasteiger partial charge in [0.25, 0.3) is 0 Å². The number of nitrogen functional groups attached to an aromatic ring is 1. The van der Waals surface area contributed by atoms with E-state index in [4.69, 9.17) is 5.73 Å². The van der Waals surface area contributed by atoms with Crippen LogP contribution in [0.4, 0.5) is 5.00 Å². The number of rotatable bonds is 1. The second-order valence-electron chi connectivity index (χ2n) is 4.90. The summed E-state index contributed by atoms with van der Waals surface area (Å²) < 4.78 is 0. The molecule has 1 aliphatic carbocycles. The van der Waals surface area contributed by atoms with Crippen LogP contribution >= 0.6 is 11.3 Å². The van der Waals surface area contributed by atoms with E-state index >= 15 is 0 Å². The smallest absolute Gasteiger partial charge is 0.0941 e. The van der Waals surface area contributed by atoms with Gasteiger partial charge in [-0.25, -0.2) is 0 Å². The summed E-state index contributed by atoms with van der Waals surface area (Å²) in [5.74, 6) is 0. The van der Waals surface area contributed by atoms with Crippen molar-refractivity contribution in [3.8, 4) is 11.1 Å². The highest BCUT2D eigenvalue weighted by molar-refractivity contribution is 7.16. The van der Waals surface area contributed by atoms with Crippen LogP contribution in [-0.4, -0.2) is 0 Å². The molecular formula is C15H17NS. The van der Waals surface area contributed by atoms with Gasteiger partial charge < -0.3 is 5.73 Å². The van der Waals surface area contributed by atoms with Crippen molar-refractivity contribution < 1.29 is 0 Å². The molecule has 0 atom stereocenters. The number of fused-ring (bicyclic) bond motifs is 1. The summed E-state index contributed by atoms with van der Waals surface area (Å²) in [4.78, 5) is 1.51. The van der Waals surface area contributed by atoms with Crippen molar-refractivity contribution >= 4 is 16.3 Å². The van der Waals surface area contributed by atoms with Gasteiger partial charge in [0, 0.05) is 10.4 Å². The minimum atomic E-state index is 0.998. The lowest BCUT2D eigenvalue weighted by atomic mass is 9.98. The normalized spacial score (nSPS) is 14.0. The monoisotopic (exact) mass is 243 g/mol. The van der Waals surface area contributed by atoms with Gasteiger partial charge in [0.15, 0.2) is 0 Å². The van der Waals surface area contributed by atoms with Crippen LogP contribution in [-0.2, 0) is 12.8 Å². The summed E-state index contributed by atoms with van der Waals surface area (Å²) in [5.41, 5.74) is 13.0. The molecule has 1 heterocycles. The van der Waals surface area contributed by atoms with Crippen LogP contribution in [0.3, 0.4) is 0 Å². The molecule has 0 saturated heterocycles. The van der Waals surface area contributed by atoms with Gasteiger partial charge in [-0.3, -0.25) is 0 Å². The van der Waals surface area contributed by atoms with Crippen molar-refractivity contribution in [2.24, 2.45) is 0 Å². The molecule has 1 aromatic carbocycles. The first kappa shape index (κ1) is 10.8. The predicted octanol–water partition coefficient (Wildman–Crippen LogP) is 4.10. The average Bonchev–Trinajstić information content (AvgIpc) is 2.82. The molecule has 0 aliphatic heterocycles. The van der Waals surface area contributed by atoms with E-state index in [0.29, 0.717) is 0 Å². The first-order chi connectivity index (χ1) is 8.16. The highest BCUT2D eigenvalue weighted by Gasteiger charge is 2.21. The molecule has 0 radical (unpaired) electrons. The van der Waals surface area contributed by atoms with Gasteiger partial charge in [-0.05, 0) is 55.4 Å². The standard InChI is InChI=1S/C15H17NS/c1-9-6-7-11(8-10(9)2)14-12-4-3-5-13(12)17-15(14)16/h6-8H,3-5,16H2,1-2H3. The van der Waals surface area contributed by atoms with E-state index in [1.54, 1.807) is 11.3 Å². The molecule has 1 aliphatic rings. The third-order valence-electron chi connectivity index (χ3n) is 3.74. The van der Waals surface area contributed by atoms with Gasteiger partial charge in [-0.2, -0.15) is 0 Å². The van der Waals surface area contributed by atoms with Crippen molar-refractivity contribution in [2.75, 3.05) is 5.73 Å². The predicted molar refractivity (Wildman–Crippen MR) is 75.7 cm³/mol. The van der Waals surface area contributed by atoms with Gasteiger partial charge in [0.2, 0.25) is 0 Å².